The van der Waals surface area contributed by atoms with E-state index in [-0.39, 0.29) is 16.8 Å². The number of sulfonamides is 1. The molecule has 29 heavy (non-hydrogen) atoms. The fourth-order valence-electron chi connectivity index (χ4n) is 4.03. The van der Waals surface area contributed by atoms with Crippen LogP contribution >= 0.6 is 0 Å². The molecule has 0 spiro atoms. The second kappa shape index (κ2) is 8.28. The van der Waals surface area contributed by atoms with Gasteiger partial charge in [0.05, 0.1) is 4.90 Å². The van der Waals surface area contributed by atoms with Gasteiger partial charge in [-0.05, 0) is 68.4 Å². The number of hydrogen-bond acceptors (Lipinski definition) is 3. The molecule has 1 heterocycles. The van der Waals surface area contributed by atoms with Gasteiger partial charge < -0.3 is 4.90 Å². The maximum absolute atomic E-state index is 13.3. The molecule has 2 aliphatic rings. The molecule has 6 heteroatoms. The minimum Gasteiger partial charge on any atom is -0.331 e. The van der Waals surface area contributed by atoms with Gasteiger partial charge in [-0.2, -0.15) is 4.31 Å². The Labute approximate surface area is 173 Å². The smallest absolute Gasteiger partial charge is 0.254 e. The molecule has 154 valence electrons. The van der Waals surface area contributed by atoms with E-state index in [1.807, 2.05) is 35.2 Å². The topological polar surface area (TPSA) is 57.7 Å². The first kappa shape index (κ1) is 20.1. The molecule has 0 N–H and O–H groups in total. The summed E-state index contributed by atoms with van der Waals surface area (Å²) < 4.78 is 27.0. The molecule has 5 nitrogen and oxygen atoms in total. The van der Waals surface area contributed by atoms with Gasteiger partial charge in [-0.1, -0.05) is 30.3 Å². The Balaban J connectivity index is 1.55. The van der Waals surface area contributed by atoms with Crippen LogP contribution in [0.2, 0.25) is 0 Å². The van der Waals surface area contributed by atoms with Crippen LogP contribution in [-0.4, -0.2) is 42.7 Å². The van der Waals surface area contributed by atoms with Crippen molar-refractivity contribution < 1.29 is 13.2 Å². The van der Waals surface area contributed by atoms with Gasteiger partial charge in [-0.25, -0.2) is 8.42 Å². The minimum absolute atomic E-state index is 0.0432. The molecule has 1 saturated heterocycles. The summed E-state index contributed by atoms with van der Waals surface area (Å²) in [6.45, 7) is 3.83. The largest absolute Gasteiger partial charge is 0.331 e. The fraction of sp³-hybridized carbons (Fsp3) is 0.435. The summed E-state index contributed by atoms with van der Waals surface area (Å²) in [6, 6.07) is 16.6. The van der Waals surface area contributed by atoms with Gasteiger partial charge in [0.25, 0.3) is 5.91 Å². The SMILES string of the molecule is CC(C1CC1)N(Cc1ccccc1)C(=O)c1ccc(S(=O)(=O)N2CCCC2)cc1. The van der Waals surface area contributed by atoms with Crippen LogP contribution in [0.3, 0.4) is 0 Å². The Morgan fingerprint density at radius 1 is 1.03 bits per heavy atom. The van der Waals surface area contributed by atoms with Gasteiger partial charge in [0.1, 0.15) is 0 Å². The summed E-state index contributed by atoms with van der Waals surface area (Å²) in [5.74, 6) is 0.510. The van der Waals surface area contributed by atoms with Crippen LogP contribution in [0.25, 0.3) is 0 Å². The molecule has 0 radical (unpaired) electrons. The van der Waals surface area contributed by atoms with Crippen molar-refractivity contribution in [2.45, 2.75) is 50.1 Å². The standard InChI is InChI=1S/C23H28N2O3S/c1-18(20-9-10-20)25(17-19-7-3-2-4-8-19)23(26)21-11-13-22(14-12-21)29(27,28)24-15-5-6-16-24/h2-4,7-8,11-14,18,20H,5-6,9-10,15-17H2,1H3. The predicted molar refractivity (Wildman–Crippen MR) is 113 cm³/mol. The molecule has 2 fully saturated rings. The van der Waals surface area contributed by atoms with Crippen molar-refractivity contribution in [2.24, 2.45) is 5.92 Å². The molecule has 4 rings (SSSR count). The van der Waals surface area contributed by atoms with E-state index in [2.05, 4.69) is 6.92 Å². The third-order valence-electron chi connectivity index (χ3n) is 6.06. The van der Waals surface area contributed by atoms with E-state index in [9.17, 15) is 13.2 Å². The van der Waals surface area contributed by atoms with Crippen LogP contribution in [0.5, 0.6) is 0 Å². The first-order chi connectivity index (χ1) is 14.0. The Morgan fingerprint density at radius 2 is 1.66 bits per heavy atom. The maximum atomic E-state index is 13.3. The zero-order valence-electron chi connectivity index (χ0n) is 16.8. The van der Waals surface area contributed by atoms with Crippen molar-refractivity contribution in [3.63, 3.8) is 0 Å². The van der Waals surface area contributed by atoms with Crippen molar-refractivity contribution in [2.75, 3.05) is 13.1 Å². The highest BCUT2D eigenvalue weighted by Crippen LogP contribution is 2.36. The zero-order valence-corrected chi connectivity index (χ0v) is 17.6. The van der Waals surface area contributed by atoms with Crippen LogP contribution in [0.15, 0.2) is 59.5 Å². The number of hydrogen-bond donors (Lipinski definition) is 0. The first-order valence-electron chi connectivity index (χ1n) is 10.4. The summed E-state index contributed by atoms with van der Waals surface area (Å²) >= 11 is 0. The van der Waals surface area contributed by atoms with E-state index in [4.69, 9.17) is 0 Å². The summed E-state index contributed by atoms with van der Waals surface area (Å²) in [7, 11) is -3.46. The van der Waals surface area contributed by atoms with Gasteiger partial charge in [0.15, 0.2) is 0 Å². The lowest BCUT2D eigenvalue weighted by Gasteiger charge is -2.30. The van der Waals surface area contributed by atoms with Crippen LogP contribution in [0.4, 0.5) is 0 Å². The predicted octanol–water partition coefficient (Wildman–Crippen LogP) is 3.91. The highest BCUT2D eigenvalue weighted by Gasteiger charge is 2.35. The molecule has 2 aromatic carbocycles. The summed E-state index contributed by atoms with van der Waals surface area (Å²) in [6.07, 6.45) is 4.13. The molecule has 0 aromatic heterocycles. The Hall–Kier alpha value is -2.18. The van der Waals surface area contributed by atoms with Gasteiger partial charge in [0, 0.05) is 31.2 Å². The number of carbonyl (C=O) groups excluding carboxylic acids is 1. The first-order valence-corrected chi connectivity index (χ1v) is 11.9. The van der Waals surface area contributed by atoms with Crippen LogP contribution in [0.1, 0.15) is 48.5 Å². The normalized spacial score (nSPS) is 18.5. The summed E-state index contributed by atoms with van der Waals surface area (Å²) in [5, 5.41) is 0. The average Bonchev–Trinajstić information content (AvgIpc) is 3.44. The van der Waals surface area contributed by atoms with Gasteiger partial charge in [-0.3, -0.25) is 4.79 Å². The number of benzene rings is 2. The molecule has 0 bridgehead atoms. The lowest BCUT2D eigenvalue weighted by atomic mass is 10.1. The quantitative estimate of drug-likeness (QED) is 0.693. The molecular formula is C23H28N2O3S. The maximum Gasteiger partial charge on any atom is 0.254 e. The van der Waals surface area contributed by atoms with Crippen molar-refractivity contribution >= 4 is 15.9 Å². The van der Waals surface area contributed by atoms with E-state index in [1.165, 1.54) is 4.31 Å². The van der Waals surface area contributed by atoms with E-state index < -0.39 is 10.0 Å². The van der Waals surface area contributed by atoms with Crippen LogP contribution < -0.4 is 0 Å². The van der Waals surface area contributed by atoms with Crippen molar-refractivity contribution in [3.8, 4) is 0 Å². The van der Waals surface area contributed by atoms with E-state index in [1.54, 1.807) is 24.3 Å². The van der Waals surface area contributed by atoms with Gasteiger partial charge >= 0.3 is 0 Å². The van der Waals surface area contributed by atoms with Crippen LogP contribution in [-0.2, 0) is 16.6 Å². The minimum atomic E-state index is -3.46. The lowest BCUT2D eigenvalue weighted by molar-refractivity contribution is 0.0654. The lowest BCUT2D eigenvalue weighted by Crippen LogP contribution is -2.39. The molecule has 1 aliphatic heterocycles. The Bertz CT molecular complexity index is 947. The molecule has 2 aromatic rings. The molecular weight excluding hydrogens is 384 g/mol. The number of nitrogens with zero attached hydrogens (tertiary/aromatic N) is 2. The molecule has 1 saturated carbocycles. The van der Waals surface area contributed by atoms with Gasteiger partial charge in [-0.15, -0.1) is 0 Å². The number of carbonyl (C=O) groups is 1. The van der Waals surface area contributed by atoms with E-state index in [0.717, 1.165) is 31.2 Å². The average molecular weight is 413 g/mol. The molecule has 1 amide bonds. The highest BCUT2D eigenvalue weighted by atomic mass is 32.2. The van der Waals surface area contributed by atoms with Crippen molar-refractivity contribution in [3.05, 3.63) is 65.7 Å². The monoisotopic (exact) mass is 412 g/mol. The third kappa shape index (κ3) is 4.38. The number of amides is 1. The summed E-state index contributed by atoms with van der Waals surface area (Å²) in [4.78, 5) is 15.5. The highest BCUT2D eigenvalue weighted by molar-refractivity contribution is 7.89. The van der Waals surface area contributed by atoms with Crippen molar-refractivity contribution in [1.82, 2.24) is 9.21 Å². The molecule has 1 atom stereocenters. The zero-order chi connectivity index (χ0) is 20.4. The Kier molecular flexibility index (Phi) is 5.74. The van der Waals surface area contributed by atoms with E-state index >= 15 is 0 Å². The summed E-state index contributed by atoms with van der Waals surface area (Å²) in [5.41, 5.74) is 1.63. The Morgan fingerprint density at radius 3 is 2.24 bits per heavy atom. The van der Waals surface area contributed by atoms with Gasteiger partial charge in [0.2, 0.25) is 10.0 Å². The van der Waals surface area contributed by atoms with E-state index in [0.29, 0.717) is 31.1 Å². The third-order valence-corrected chi connectivity index (χ3v) is 7.97. The van der Waals surface area contributed by atoms with Crippen LogP contribution in [0, 0.1) is 5.92 Å². The van der Waals surface area contributed by atoms with Crippen molar-refractivity contribution in [1.29, 1.82) is 0 Å². The molecule has 1 aliphatic carbocycles. The second-order valence-corrected chi connectivity index (χ2v) is 10.1. The number of rotatable bonds is 7. The fourth-order valence-corrected chi connectivity index (χ4v) is 5.54. The second-order valence-electron chi connectivity index (χ2n) is 8.13. The molecule has 1 unspecified atom stereocenters.